The molecule has 0 aliphatic carbocycles. The molecule has 1 aliphatic heterocycles. The number of hydrogen-bond acceptors (Lipinski definition) is 7. The molecule has 4 aromatic rings. The van der Waals surface area contributed by atoms with Gasteiger partial charge in [-0.3, -0.25) is 4.98 Å². The van der Waals surface area contributed by atoms with E-state index in [0.717, 1.165) is 6.07 Å². The van der Waals surface area contributed by atoms with E-state index in [4.69, 9.17) is 14.7 Å². The summed E-state index contributed by atoms with van der Waals surface area (Å²) in [5.41, 5.74) is 2.12. The third kappa shape index (κ3) is 5.66. The van der Waals surface area contributed by atoms with E-state index < -0.39 is 24.0 Å². The number of benzene rings is 1. The fraction of sp³-hybridized carbons (Fsp3) is 0.385. The van der Waals surface area contributed by atoms with Gasteiger partial charge in [0.1, 0.15) is 23.1 Å². The van der Waals surface area contributed by atoms with E-state index in [0.29, 0.717) is 66.2 Å². The van der Waals surface area contributed by atoms with Crippen molar-refractivity contribution >= 4 is 16.9 Å². The van der Waals surface area contributed by atoms with Gasteiger partial charge in [-0.25, -0.2) is 27.8 Å². The zero-order valence-corrected chi connectivity index (χ0v) is 20.5. The van der Waals surface area contributed by atoms with Gasteiger partial charge in [0.2, 0.25) is 0 Å². The summed E-state index contributed by atoms with van der Waals surface area (Å²) in [5, 5.41) is 14.2. The van der Waals surface area contributed by atoms with Crippen LogP contribution in [0.15, 0.2) is 42.9 Å². The molecule has 1 aliphatic rings. The summed E-state index contributed by atoms with van der Waals surface area (Å²) in [5.74, 6) is -0.751. The average molecular weight is 513 g/mol. The average Bonchev–Trinajstić information content (AvgIpc) is 3.34. The number of pyridine rings is 1. The summed E-state index contributed by atoms with van der Waals surface area (Å²) in [4.78, 5) is 16.2. The van der Waals surface area contributed by atoms with Gasteiger partial charge in [-0.2, -0.15) is 5.10 Å². The molecule has 8 nitrogen and oxygen atoms in total. The number of aliphatic hydroxyl groups is 1. The van der Waals surface area contributed by atoms with Crippen LogP contribution >= 0.6 is 0 Å². The van der Waals surface area contributed by atoms with Crippen LogP contribution in [0.1, 0.15) is 32.4 Å². The highest BCUT2D eigenvalue weighted by Gasteiger charge is 2.26. The molecule has 11 heteroatoms. The van der Waals surface area contributed by atoms with E-state index >= 15 is 0 Å². The van der Waals surface area contributed by atoms with Crippen LogP contribution in [0, 0.1) is 11.6 Å². The van der Waals surface area contributed by atoms with Crippen LogP contribution in [0.2, 0.25) is 0 Å². The van der Waals surface area contributed by atoms with E-state index in [1.807, 2.05) is 6.07 Å². The molecule has 37 heavy (non-hydrogen) atoms. The molecular formula is C26H27F3N6O2. The maximum atomic E-state index is 14.1. The van der Waals surface area contributed by atoms with Crippen LogP contribution in [0.5, 0.6) is 5.75 Å². The zero-order chi connectivity index (χ0) is 26.2. The van der Waals surface area contributed by atoms with Crippen molar-refractivity contribution in [2.75, 3.05) is 18.0 Å². The van der Waals surface area contributed by atoms with Gasteiger partial charge in [0.15, 0.2) is 24.2 Å². The molecule has 0 saturated carbocycles. The van der Waals surface area contributed by atoms with Gasteiger partial charge >= 0.3 is 0 Å². The van der Waals surface area contributed by atoms with Gasteiger partial charge in [-0.15, -0.1) is 0 Å². The SMILES string of the molecule is CC(C)(O)Cc1cc2nc(N3CCC(Oc4ccc(F)cc4F)CC3)c(-c3cnn(CF)c3)nc2cn1. The lowest BCUT2D eigenvalue weighted by Gasteiger charge is -2.33. The second kappa shape index (κ2) is 9.97. The molecule has 0 radical (unpaired) electrons. The topological polar surface area (TPSA) is 89.2 Å². The number of aromatic nitrogens is 5. The number of anilines is 1. The van der Waals surface area contributed by atoms with Crippen LogP contribution < -0.4 is 9.64 Å². The minimum atomic E-state index is -0.927. The largest absolute Gasteiger partial charge is 0.487 e. The van der Waals surface area contributed by atoms with Crippen molar-refractivity contribution < 1.29 is 23.0 Å². The monoisotopic (exact) mass is 512 g/mol. The quantitative estimate of drug-likeness (QED) is 0.391. The Balaban J connectivity index is 1.44. The van der Waals surface area contributed by atoms with Gasteiger partial charge in [0, 0.05) is 55.9 Å². The maximum absolute atomic E-state index is 14.1. The summed E-state index contributed by atoms with van der Waals surface area (Å²) in [6, 6.07) is 5.08. The van der Waals surface area contributed by atoms with Crippen molar-refractivity contribution in [1.29, 1.82) is 0 Å². The summed E-state index contributed by atoms with van der Waals surface area (Å²) >= 11 is 0. The summed E-state index contributed by atoms with van der Waals surface area (Å²) in [6.45, 7) is 3.78. The lowest BCUT2D eigenvalue weighted by atomic mass is 10.0. The second-order valence-electron chi connectivity index (χ2n) is 9.82. The lowest BCUT2D eigenvalue weighted by Crippen LogP contribution is -2.39. The number of fused-ring (bicyclic) bond motifs is 1. The molecule has 1 saturated heterocycles. The van der Waals surface area contributed by atoms with Gasteiger partial charge in [0.05, 0.1) is 23.5 Å². The summed E-state index contributed by atoms with van der Waals surface area (Å²) < 4.78 is 47.4. The molecule has 0 amide bonds. The first-order chi connectivity index (χ1) is 17.7. The maximum Gasteiger partial charge on any atom is 0.181 e. The lowest BCUT2D eigenvalue weighted by molar-refractivity contribution is 0.0800. The molecule has 0 atom stereocenters. The molecule has 1 fully saturated rings. The highest BCUT2D eigenvalue weighted by molar-refractivity contribution is 5.83. The van der Waals surface area contributed by atoms with Crippen molar-refractivity contribution in [3.8, 4) is 17.0 Å². The number of alkyl halides is 1. The van der Waals surface area contributed by atoms with Crippen LogP contribution in [-0.4, -0.2) is 54.6 Å². The van der Waals surface area contributed by atoms with Crippen LogP contribution in [-0.2, 0) is 13.2 Å². The highest BCUT2D eigenvalue weighted by atomic mass is 19.1. The normalized spacial score (nSPS) is 14.9. The molecule has 0 bridgehead atoms. The summed E-state index contributed by atoms with van der Waals surface area (Å²) in [6.07, 6.45) is 6.01. The third-order valence-electron chi connectivity index (χ3n) is 6.16. The molecule has 3 aromatic heterocycles. The van der Waals surface area contributed by atoms with E-state index in [1.165, 1.54) is 16.8 Å². The van der Waals surface area contributed by atoms with Crippen molar-refractivity contribution in [3.63, 3.8) is 0 Å². The Labute approximate surface area is 211 Å². The minimum absolute atomic E-state index is 0.0245. The zero-order valence-electron chi connectivity index (χ0n) is 20.5. The van der Waals surface area contributed by atoms with Gasteiger partial charge in [-0.1, -0.05) is 0 Å². The number of hydrogen-bond donors (Lipinski definition) is 1. The Morgan fingerprint density at radius 1 is 1.08 bits per heavy atom. The highest BCUT2D eigenvalue weighted by Crippen LogP contribution is 2.32. The predicted molar refractivity (Wildman–Crippen MR) is 132 cm³/mol. The Kier molecular flexibility index (Phi) is 6.72. The molecule has 4 heterocycles. The number of rotatable bonds is 7. The van der Waals surface area contributed by atoms with E-state index in [-0.39, 0.29) is 11.9 Å². The van der Waals surface area contributed by atoms with Gasteiger partial charge in [-0.05, 0) is 32.0 Å². The second-order valence-corrected chi connectivity index (χ2v) is 9.82. The van der Waals surface area contributed by atoms with Crippen molar-refractivity contribution in [2.45, 2.75) is 51.6 Å². The van der Waals surface area contributed by atoms with E-state index in [1.54, 1.807) is 32.4 Å². The Morgan fingerprint density at radius 2 is 1.86 bits per heavy atom. The Hall–Kier alpha value is -3.73. The number of halogens is 3. The molecule has 1 aromatic carbocycles. The van der Waals surface area contributed by atoms with Crippen LogP contribution in [0.3, 0.4) is 0 Å². The molecule has 0 spiro atoms. The van der Waals surface area contributed by atoms with Crippen LogP contribution in [0.4, 0.5) is 19.0 Å². The first-order valence-electron chi connectivity index (χ1n) is 12.0. The number of nitrogens with zero attached hydrogens (tertiary/aromatic N) is 6. The van der Waals surface area contributed by atoms with Gasteiger partial charge < -0.3 is 14.7 Å². The first-order valence-corrected chi connectivity index (χ1v) is 12.0. The van der Waals surface area contributed by atoms with Crippen molar-refractivity contribution in [2.24, 2.45) is 0 Å². The Morgan fingerprint density at radius 3 is 2.54 bits per heavy atom. The molecule has 194 valence electrons. The molecule has 5 rings (SSSR count). The number of piperidine rings is 1. The molecule has 1 N–H and O–H groups in total. The first kappa shape index (κ1) is 24.9. The summed E-state index contributed by atoms with van der Waals surface area (Å²) in [7, 11) is 0. The minimum Gasteiger partial charge on any atom is -0.487 e. The van der Waals surface area contributed by atoms with Crippen molar-refractivity contribution in [3.05, 3.63) is 60.2 Å². The Bertz CT molecular complexity index is 1410. The smallest absolute Gasteiger partial charge is 0.181 e. The third-order valence-corrected chi connectivity index (χ3v) is 6.16. The molecule has 0 unspecified atom stereocenters. The fourth-order valence-electron chi connectivity index (χ4n) is 4.43. The standard InChI is InChI=1S/C26H27F3N6O2/c1-26(2,36)11-18-10-21-22(13-30-18)32-24(16-12-31-35(14-16)15-27)25(33-21)34-7-5-19(6-8-34)37-23-4-3-17(28)9-20(23)29/h3-4,9-10,12-14,19,36H,5-8,11,15H2,1-2H3. The fourth-order valence-corrected chi connectivity index (χ4v) is 4.43. The van der Waals surface area contributed by atoms with E-state index in [9.17, 15) is 18.3 Å². The predicted octanol–water partition coefficient (Wildman–Crippen LogP) is 4.45. The van der Waals surface area contributed by atoms with Crippen LogP contribution in [0.25, 0.3) is 22.3 Å². The van der Waals surface area contributed by atoms with E-state index in [2.05, 4.69) is 15.0 Å². The van der Waals surface area contributed by atoms with Gasteiger partial charge in [0.25, 0.3) is 0 Å². The molecular weight excluding hydrogens is 485 g/mol. The number of ether oxygens (including phenoxy) is 1. The van der Waals surface area contributed by atoms with Crippen molar-refractivity contribution in [1.82, 2.24) is 24.7 Å².